The van der Waals surface area contributed by atoms with Crippen molar-refractivity contribution in [2.24, 2.45) is 0 Å². The first-order valence-electron chi connectivity index (χ1n) is 4.66. The Morgan fingerprint density at radius 3 is 2.37 bits per heavy atom. The molecule has 0 fully saturated rings. The average molecular weight is 340 g/mol. The molecule has 0 aliphatic heterocycles. The molecule has 0 aliphatic carbocycles. The number of alkyl halides is 4. The van der Waals surface area contributed by atoms with Gasteiger partial charge in [-0.3, -0.25) is 19.7 Å². The third-order valence-electron chi connectivity index (χ3n) is 2.22. The summed E-state index contributed by atoms with van der Waals surface area (Å²) in [5.41, 5.74) is -3.79. The average Bonchev–Trinajstić information content (AvgIpc) is 2.34. The minimum absolute atomic E-state index is 0.0505. The second-order valence-electron chi connectivity index (χ2n) is 3.39. The molecule has 1 aromatic carbocycles. The van der Waals surface area contributed by atoms with Crippen LogP contribution in [0.3, 0.4) is 0 Å². The molecule has 0 aromatic heterocycles. The zero-order chi connectivity index (χ0) is 14.8. The Labute approximate surface area is 112 Å². The van der Waals surface area contributed by atoms with Crippen molar-refractivity contribution in [3.8, 4) is 0 Å². The number of benzene rings is 1. The van der Waals surface area contributed by atoms with Crippen LogP contribution in [0.2, 0.25) is 0 Å². The summed E-state index contributed by atoms with van der Waals surface area (Å²) in [4.78, 5) is 31.5. The van der Waals surface area contributed by atoms with E-state index in [-0.39, 0.29) is 11.6 Å². The normalized spacial score (nSPS) is 11.2. The minimum atomic E-state index is -4.99. The van der Waals surface area contributed by atoms with E-state index < -0.39 is 39.3 Å². The number of hydrogen-bond acceptors (Lipinski definition) is 4. The van der Waals surface area contributed by atoms with E-state index in [2.05, 4.69) is 15.9 Å². The fraction of sp³-hybridized carbons (Fsp3) is 0.200. The molecule has 0 spiro atoms. The van der Waals surface area contributed by atoms with Crippen LogP contribution in [-0.4, -0.2) is 22.3 Å². The Kier molecular flexibility index (Phi) is 4.40. The summed E-state index contributed by atoms with van der Waals surface area (Å²) in [5, 5.41) is 10.4. The predicted molar refractivity (Wildman–Crippen MR) is 61.6 cm³/mol. The van der Waals surface area contributed by atoms with Crippen molar-refractivity contribution in [2.45, 2.75) is 6.18 Å². The van der Waals surface area contributed by atoms with E-state index >= 15 is 0 Å². The fourth-order valence-electron chi connectivity index (χ4n) is 1.39. The number of aldehydes is 1. The van der Waals surface area contributed by atoms with E-state index in [9.17, 15) is 32.9 Å². The van der Waals surface area contributed by atoms with Gasteiger partial charge < -0.3 is 0 Å². The zero-order valence-electron chi connectivity index (χ0n) is 9.03. The van der Waals surface area contributed by atoms with E-state index in [1.54, 1.807) is 0 Å². The van der Waals surface area contributed by atoms with Crippen molar-refractivity contribution in [1.29, 1.82) is 0 Å². The molecule has 1 aromatic rings. The lowest BCUT2D eigenvalue weighted by atomic mass is 10.00. The molecule has 19 heavy (non-hydrogen) atoms. The van der Waals surface area contributed by atoms with Gasteiger partial charge in [-0.2, -0.15) is 13.2 Å². The highest BCUT2D eigenvalue weighted by molar-refractivity contribution is 9.09. The smallest absolute Gasteiger partial charge is 0.298 e. The number of nitro groups is 1. The summed E-state index contributed by atoms with van der Waals surface area (Å²) < 4.78 is 37.9. The number of carbonyl (C=O) groups excluding carboxylic acids is 2. The maximum atomic E-state index is 12.6. The molecule has 0 saturated carbocycles. The van der Waals surface area contributed by atoms with Gasteiger partial charge in [-0.1, -0.05) is 15.9 Å². The van der Waals surface area contributed by atoms with Crippen LogP contribution in [0, 0.1) is 10.1 Å². The molecule has 0 radical (unpaired) electrons. The Morgan fingerprint density at radius 1 is 1.42 bits per heavy atom. The van der Waals surface area contributed by atoms with Gasteiger partial charge in [0.25, 0.3) is 5.69 Å². The maximum Gasteiger partial charge on any atom is 0.423 e. The highest BCUT2D eigenvalue weighted by Crippen LogP contribution is 2.37. The topological polar surface area (TPSA) is 77.3 Å². The number of Topliss-reactive ketones (excluding diaryl/α,β-unsaturated/α-hetero) is 1. The van der Waals surface area contributed by atoms with Crippen molar-refractivity contribution < 1.29 is 27.7 Å². The van der Waals surface area contributed by atoms with Gasteiger partial charge in [-0.05, 0) is 6.07 Å². The van der Waals surface area contributed by atoms with Crippen molar-refractivity contribution in [1.82, 2.24) is 0 Å². The maximum absolute atomic E-state index is 12.6. The van der Waals surface area contributed by atoms with Gasteiger partial charge in [0.1, 0.15) is 5.56 Å². The third-order valence-corrected chi connectivity index (χ3v) is 2.73. The highest BCUT2D eigenvalue weighted by atomic mass is 79.9. The molecule has 0 unspecified atom stereocenters. The summed E-state index contributed by atoms with van der Waals surface area (Å²) >= 11 is 2.78. The molecule has 0 bridgehead atoms. The molecule has 0 saturated heterocycles. The van der Waals surface area contributed by atoms with Crippen LogP contribution < -0.4 is 0 Å². The molecular weight excluding hydrogens is 335 g/mol. The monoisotopic (exact) mass is 339 g/mol. The summed E-state index contributed by atoms with van der Waals surface area (Å²) in [7, 11) is 0. The number of rotatable bonds is 4. The number of nitrogens with zero attached hydrogens (tertiary/aromatic N) is 1. The second kappa shape index (κ2) is 5.47. The van der Waals surface area contributed by atoms with Crippen LogP contribution >= 0.6 is 15.9 Å². The van der Waals surface area contributed by atoms with Crippen molar-refractivity contribution in [3.63, 3.8) is 0 Å². The van der Waals surface area contributed by atoms with E-state index in [0.29, 0.717) is 12.1 Å². The number of ketones is 1. The van der Waals surface area contributed by atoms with Gasteiger partial charge in [-0.25, -0.2) is 0 Å². The van der Waals surface area contributed by atoms with E-state index in [0.717, 1.165) is 0 Å². The van der Waals surface area contributed by atoms with Gasteiger partial charge in [0.05, 0.1) is 10.3 Å². The lowest BCUT2D eigenvalue weighted by Crippen LogP contribution is -2.13. The first-order valence-corrected chi connectivity index (χ1v) is 5.78. The van der Waals surface area contributed by atoms with Crippen LogP contribution in [0.15, 0.2) is 12.1 Å². The molecule has 0 atom stereocenters. The second-order valence-corrected chi connectivity index (χ2v) is 3.95. The van der Waals surface area contributed by atoms with Crippen LogP contribution in [0.4, 0.5) is 18.9 Å². The summed E-state index contributed by atoms with van der Waals surface area (Å²) in [5.74, 6) is -0.723. The molecule has 5 nitrogen and oxygen atoms in total. The molecule has 9 heteroatoms. The van der Waals surface area contributed by atoms with Crippen molar-refractivity contribution >= 4 is 33.7 Å². The molecule has 0 aliphatic rings. The van der Waals surface area contributed by atoms with Gasteiger partial charge in [0, 0.05) is 17.2 Å². The Bertz CT molecular complexity index is 556. The largest absolute Gasteiger partial charge is 0.423 e. The quantitative estimate of drug-likeness (QED) is 0.278. The Balaban J connectivity index is 3.65. The summed E-state index contributed by atoms with van der Waals surface area (Å²) in [6, 6.07) is 0.775. The molecule has 0 N–H and O–H groups in total. The molecule has 0 heterocycles. The lowest BCUT2D eigenvalue weighted by molar-refractivity contribution is -0.388. The van der Waals surface area contributed by atoms with E-state index in [4.69, 9.17) is 0 Å². The van der Waals surface area contributed by atoms with Crippen LogP contribution in [0.25, 0.3) is 0 Å². The Hall–Kier alpha value is -1.77. The molecule has 102 valence electrons. The molecule has 1 rings (SSSR count). The predicted octanol–water partition coefficient (Wildman–Crippen LogP) is 3.00. The number of hydrogen-bond donors (Lipinski definition) is 0. The standard InChI is InChI=1S/C10H5BrF3NO4/c11-3-9(17)6-2-8(15(18)19)7(10(12,13)14)1-5(6)4-16/h1-2,4H,3H2. The minimum Gasteiger partial charge on any atom is -0.298 e. The van der Waals surface area contributed by atoms with Gasteiger partial charge in [-0.15, -0.1) is 0 Å². The van der Waals surface area contributed by atoms with E-state index in [1.165, 1.54) is 0 Å². The van der Waals surface area contributed by atoms with E-state index in [1.807, 2.05) is 0 Å². The van der Waals surface area contributed by atoms with Gasteiger partial charge in [0.2, 0.25) is 0 Å². The first kappa shape index (κ1) is 15.3. The summed E-state index contributed by atoms with van der Waals surface area (Å²) in [6.45, 7) is 0. The lowest BCUT2D eigenvalue weighted by Gasteiger charge is -2.10. The van der Waals surface area contributed by atoms with Gasteiger partial charge >= 0.3 is 6.18 Å². The Morgan fingerprint density at radius 2 is 2.00 bits per heavy atom. The fourth-order valence-corrected chi connectivity index (χ4v) is 1.70. The molecule has 0 amide bonds. The highest BCUT2D eigenvalue weighted by Gasteiger charge is 2.39. The number of halogens is 4. The number of nitro benzene ring substituents is 1. The van der Waals surface area contributed by atoms with Crippen molar-refractivity contribution in [3.05, 3.63) is 38.9 Å². The van der Waals surface area contributed by atoms with Crippen LogP contribution in [-0.2, 0) is 6.18 Å². The van der Waals surface area contributed by atoms with Crippen molar-refractivity contribution in [2.75, 3.05) is 5.33 Å². The zero-order valence-corrected chi connectivity index (χ0v) is 10.6. The first-order chi connectivity index (χ1) is 8.72. The third kappa shape index (κ3) is 3.16. The molecular formula is C10H5BrF3NO4. The SMILES string of the molecule is O=Cc1cc(C(F)(F)F)c([N+](=O)[O-])cc1C(=O)CBr. The van der Waals surface area contributed by atoms with Gasteiger partial charge in [0.15, 0.2) is 12.1 Å². The number of carbonyl (C=O) groups is 2. The van der Waals surface area contributed by atoms with Crippen LogP contribution in [0.1, 0.15) is 26.3 Å². The van der Waals surface area contributed by atoms with Crippen LogP contribution in [0.5, 0.6) is 0 Å². The summed E-state index contributed by atoms with van der Waals surface area (Å²) in [6.07, 6.45) is -4.94.